The highest BCUT2D eigenvalue weighted by Gasteiger charge is 2.35. The molecule has 1 aliphatic carbocycles. The van der Waals surface area contributed by atoms with Crippen molar-refractivity contribution in [3.05, 3.63) is 35.6 Å². The van der Waals surface area contributed by atoms with Gasteiger partial charge < -0.3 is 10.4 Å². The van der Waals surface area contributed by atoms with Crippen LogP contribution in [0.25, 0.3) is 0 Å². The van der Waals surface area contributed by atoms with E-state index in [0.717, 1.165) is 30.7 Å². The van der Waals surface area contributed by atoms with Crippen LogP contribution >= 0.6 is 0 Å². The third kappa shape index (κ3) is 1.69. The van der Waals surface area contributed by atoms with Gasteiger partial charge in [-0.05, 0) is 18.4 Å². The molecule has 1 fully saturated rings. The Kier molecular flexibility index (Phi) is 2.52. The van der Waals surface area contributed by atoms with Crippen molar-refractivity contribution >= 4 is 6.09 Å². The molecule has 2 unspecified atom stereocenters. The Morgan fingerprint density at radius 1 is 1.47 bits per heavy atom. The molecule has 2 aliphatic heterocycles. The van der Waals surface area contributed by atoms with Crippen LogP contribution in [0.2, 0.25) is 0 Å². The second kappa shape index (κ2) is 4.04. The van der Waals surface area contributed by atoms with E-state index in [1.54, 1.807) is 4.90 Å². The van der Waals surface area contributed by atoms with E-state index in [0.29, 0.717) is 12.5 Å². The number of hydrogen-bond acceptors (Lipinski definition) is 2. The molecular weight excluding hydrogens is 216 g/mol. The zero-order valence-corrected chi connectivity index (χ0v) is 9.60. The Morgan fingerprint density at radius 3 is 3.18 bits per heavy atom. The molecule has 3 rings (SSSR count). The summed E-state index contributed by atoms with van der Waals surface area (Å²) in [6, 6.07) is 0.186. The fourth-order valence-corrected chi connectivity index (χ4v) is 3.00. The normalized spacial score (nSPS) is 31.2. The lowest BCUT2D eigenvalue weighted by atomic mass is 9.83. The lowest BCUT2D eigenvalue weighted by Crippen LogP contribution is -2.48. The molecule has 0 spiro atoms. The largest absolute Gasteiger partial charge is 0.465 e. The van der Waals surface area contributed by atoms with E-state index in [2.05, 4.69) is 11.4 Å². The summed E-state index contributed by atoms with van der Waals surface area (Å²) in [4.78, 5) is 12.9. The second-order valence-corrected chi connectivity index (χ2v) is 4.74. The first-order chi connectivity index (χ1) is 8.27. The number of allylic oxidation sites excluding steroid dienone is 2. The fourth-order valence-electron chi connectivity index (χ4n) is 3.00. The van der Waals surface area contributed by atoms with Crippen molar-refractivity contribution in [2.45, 2.75) is 18.9 Å². The van der Waals surface area contributed by atoms with E-state index in [-0.39, 0.29) is 6.04 Å². The van der Waals surface area contributed by atoms with Crippen LogP contribution in [0.5, 0.6) is 0 Å². The van der Waals surface area contributed by atoms with Crippen molar-refractivity contribution in [3.8, 4) is 0 Å². The number of likely N-dealkylation sites (tertiary alicyclic amines) is 1. The third-order valence-corrected chi connectivity index (χ3v) is 3.75. The molecule has 4 heteroatoms. The number of carbonyl (C=O) groups is 1. The molecule has 1 amide bonds. The van der Waals surface area contributed by atoms with Gasteiger partial charge in [0.15, 0.2) is 0 Å². The molecule has 90 valence electrons. The highest BCUT2D eigenvalue weighted by molar-refractivity contribution is 5.69. The predicted octanol–water partition coefficient (Wildman–Crippen LogP) is 1.73. The summed E-state index contributed by atoms with van der Waals surface area (Å²) < 4.78 is 0. The molecule has 3 aliphatic rings. The van der Waals surface area contributed by atoms with Gasteiger partial charge in [-0.15, -0.1) is 0 Å². The van der Waals surface area contributed by atoms with Gasteiger partial charge in [-0.3, -0.25) is 4.90 Å². The average molecular weight is 232 g/mol. The summed E-state index contributed by atoms with van der Waals surface area (Å²) in [5.41, 5.74) is 2.15. The maximum atomic E-state index is 11.3. The van der Waals surface area contributed by atoms with E-state index < -0.39 is 6.09 Å². The first kappa shape index (κ1) is 10.6. The van der Waals surface area contributed by atoms with Gasteiger partial charge >= 0.3 is 6.09 Å². The zero-order valence-electron chi connectivity index (χ0n) is 9.60. The van der Waals surface area contributed by atoms with Crippen LogP contribution in [0, 0.1) is 5.92 Å². The Labute approximate surface area is 100 Å². The maximum absolute atomic E-state index is 11.3. The molecule has 2 atom stereocenters. The van der Waals surface area contributed by atoms with Gasteiger partial charge in [0.05, 0.1) is 6.04 Å². The SMILES string of the molecule is O=C(O)N1CCCC2CNC3C=CC=CC3=C21. The van der Waals surface area contributed by atoms with Crippen molar-refractivity contribution < 1.29 is 9.90 Å². The molecule has 4 nitrogen and oxygen atoms in total. The topological polar surface area (TPSA) is 52.6 Å². The molecule has 0 aromatic heterocycles. The molecule has 0 saturated carbocycles. The Balaban J connectivity index is 2.06. The molecule has 2 heterocycles. The number of nitrogens with zero attached hydrogens (tertiary/aromatic N) is 1. The van der Waals surface area contributed by atoms with E-state index in [9.17, 15) is 9.90 Å². The standard InChI is InChI=1S/C13H16N2O2/c16-13(17)15-7-3-4-9-8-14-11-6-2-1-5-10(11)12(9)15/h1-2,5-6,9,11,14H,3-4,7-8H2,(H,16,17). The monoisotopic (exact) mass is 232 g/mol. The zero-order chi connectivity index (χ0) is 11.8. The van der Waals surface area contributed by atoms with Gasteiger partial charge in [0, 0.05) is 24.7 Å². The molecular formula is C13H16N2O2. The third-order valence-electron chi connectivity index (χ3n) is 3.75. The summed E-state index contributed by atoms with van der Waals surface area (Å²) >= 11 is 0. The number of carboxylic acid groups (broad SMARTS) is 1. The number of amides is 1. The van der Waals surface area contributed by atoms with Crippen LogP contribution in [0.4, 0.5) is 4.79 Å². The molecule has 0 aromatic rings. The van der Waals surface area contributed by atoms with Gasteiger partial charge in [0.25, 0.3) is 0 Å². The van der Waals surface area contributed by atoms with Crippen molar-refractivity contribution in [1.82, 2.24) is 10.2 Å². The Bertz CT molecular complexity index is 437. The van der Waals surface area contributed by atoms with Crippen LogP contribution in [0.15, 0.2) is 35.6 Å². The Morgan fingerprint density at radius 2 is 2.35 bits per heavy atom. The molecule has 2 N–H and O–H groups in total. The van der Waals surface area contributed by atoms with E-state index >= 15 is 0 Å². The number of nitrogens with one attached hydrogen (secondary N) is 1. The van der Waals surface area contributed by atoms with E-state index in [4.69, 9.17) is 0 Å². The van der Waals surface area contributed by atoms with Crippen LogP contribution in [-0.2, 0) is 0 Å². The Hall–Kier alpha value is -1.55. The summed E-state index contributed by atoms with van der Waals surface area (Å²) in [5.74, 6) is 0.349. The summed E-state index contributed by atoms with van der Waals surface area (Å²) in [6.07, 6.45) is 9.35. The second-order valence-electron chi connectivity index (χ2n) is 4.74. The summed E-state index contributed by atoms with van der Waals surface area (Å²) in [6.45, 7) is 1.51. The quantitative estimate of drug-likeness (QED) is 0.668. The number of fused-ring (bicyclic) bond motifs is 2. The predicted molar refractivity (Wildman–Crippen MR) is 64.6 cm³/mol. The molecule has 0 radical (unpaired) electrons. The van der Waals surface area contributed by atoms with Crippen molar-refractivity contribution in [3.63, 3.8) is 0 Å². The van der Waals surface area contributed by atoms with Gasteiger partial charge in [-0.1, -0.05) is 24.3 Å². The van der Waals surface area contributed by atoms with Gasteiger partial charge in [0.1, 0.15) is 0 Å². The van der Waals surface area contributed by atoms with Crippen LogP contribution in [-0.4, -0.2) is 35.2 Å². The van der Waals surface area contributed by atoms with Crippen molar-refractivity contribution in [2.75, 3.05) is 13.1 Å². The molecule has 1 saturated heterocycles. The fraction of sp³-hybridized carbons (Fsp3) is 0.462. The number of rotatable bonds is 0. The summed E-state index contributed by atoms with van der Waals surface area (Å²) in [5, 5.41) is 12.8. The minimum Gasteiger partial charge on any atom is -0.465 e. The molecule has 0 bridgehead atoms. The maximum Gasteiger partial charge on any atom is 0.411 e. The van der Waals surface area contributed by atoms with E-state index in [1.165, 1.54) is 0 Å². The highest BCUT2D eigenvalue weighted by atomic mass is 16.4. The lowest BCUT2D eigenvalue weighted by molar-refractivity contribution is 0.139. The first-order valence-electron chi connectivity index (χ1n) is 6.10. The lowest BCUT2D eigenvalue weighted by Gasteiger charge is -2.41. The highest BCUT2D eigenvalue weighted by Crippen LogP contribution is 2.35. The smallest absolute Gasteiger partial charge is 0.411 e. The van der Waals surface area contributed by atoms with Gasteiger partial charge in [-0.25, -0.2) is 4.79 Å². The van der Waals surface area contributed by atoms with Crippen LogP contribution in [0.3, 0.4) is 0 Å². The van der Waals surface area contributed by atoms with Gasteiger partial charge in [-0.2, -0.15) is 0 Å². The molecule has 0 aromatic carbocycles. The van der Waals surface area contributed by atoms with Crippen LogP contribution < -0.4 is 5.32 Å². The van der Waals surface area contributed by atoms with Crippen LogP contribution in [0.1, 0.15) is 12.8 Å². The average Bonchev–Trinajstić information content (AvgIpc) is 2.37. The van der Waals surface area contributed by atoms with Gasteiger partial charge in [0.2, 0.25) is 0 Å². The number of hydrogen-bond donors (Lipinski definition) is 2. The van der Waals surface area contributed by atoms with Crippen molar-refractivity contribution in [1.29, 1.82) is 0 Å². The summed E-state index contributed by atoms with van der Waals surface area (Å²) in [7, 11) is 0. The van der Waals surface area contributed by atoms with Crippen molar-refractivity contribution in [2.24, 2.45) is 5.92 Å². The minimum atomic E-state index is -0.819. The molecule has 17 heavy (non-hydrogen) atoms. The van der Waals surface area contributed by atoms with E-state index in [1.807, 2.05) is 18.2 Å². The number of piperidine rings is 1. The first-order valence-corrected chi connectivity index (χ1v) is 6.10. The minimum absolute atomic E-state index is 0.186.